The lowest BCUT2D eigenvalue weighted by Gasteiger charge is -2.30. The predicted molar refractivity (Wildman–Crippen MR) is 126 cm³/mol. The standard InChI is InChI=1S/C25H29N5O/c1-25(2,3)28-24(31)29-13-9-17(10-14-29)20-16-19-22(8-12-26-23(19)27-20)30-15-11-18-6-4-5-7-21(18)30/h4-9,12,16H,10-11,13-15H2,1-3H3,(H,26,27)(H,28,31). The van der Waals surface area contributed by atoms with Gasteiger partial charge in [0.25, 0.3) is 0 Å². The molecule has 0 spiro atoms. The molecule has 2 aliphatic heterocycles. The van der Waals surface area contributed by atoms with E-state index in [0.29, 0.717) is 13.1 Å². The van der Waals surface area contributed by atoms with Gasteiger partial charge in [-0.1, -0.05) is 24.3 Å². The number of fused-ring (bicyclic) bond motifs is 2. The van der Waals surface area contributed by atoms with Gasteiger partial charge in [-0.25, -0.2) is 9.78 Å². The molecule has 4 heterocycles. The van der Waals surface area contributed by atoms with Gasteiger partial charge in [-0.2, -0.15) is 0 Å². The van der Waals surface area contributed by atoms with Crippen LogP contribution >= 0.6 is 0 Å². The van der Waals surface area contributed by atoms with Crippen molar-refractivity contribution in [1.29, 1.82) is 0 Å². The van der Waals surface area contributed by atoms with Crippen molar-refractivity contribution < 1.29 is 4.79 Å². The van der Waals surface area contributed by atoms with Crippen molar-refractivity contribution in [1.82, 2.24) is 20.2 Å². The predicted octanol–water partition coefficient (Wildman–Crippen LogP) is 4.85. The topological polar surface area (TPSA) is 64.3 Å². The van der Waals surface area contributed by atoms with Crippen LogP contribution in [0.25, 0.3) is 16.6 Å². The number of pyridine rings is 1. The number of benzene rings is 1. The number of urea groups is 1. The smallest absolute Gasteiger partial charge is 0.318 e. The molecule has 0 unspecified atom stereocenters. The van der Waals surface area contributed by atoms with Crippen molar-refractivity contribution in [2.45, 2.75) is 39.2 Å². The lowest BCUT2D eigenvalue weighted by atomic mass is 10.0. The Kier molecular flexibility index (Phi) is 4.73. The molecule has 2 amide bonds. The van der Waals surface area contributed by atoms with E-state index in [4.69, 9.17) is 0 Å². The Morgan fingerprint density at radius 3 is 2.71 bits per heavy atom. The van der Waals surface area contributed by atoms with E-state index in [1.54, 1.807) is 0 Å². The van der Waals surface area contributed by atoms with Crippen molar-refractivity contribution >= 4 is 34.0 Å². The minimum Gasteiger partial charge on any atom is -0.340 e. The van der Waals surface area contributed by atoms with Crippen LogP contribution in [0.2, 0.25) is 0 Å². The van der Waals surface area contributed by atoms with Crippen molar-refractivity contribution in [3.63, 3.8) is 0 Å². The first kappa shape index (κ1) is 19.7. The Morgan fingerprint density at radius 1 is 1.10 bits per heavy atom. The minimum atomic E-state index is -0.228. The van der Waals surface area contributed by atoms with Gasteiger partial charge in [0.1, 0.15) is 5.65 Å². The summed E-state index contributed by atoms with van der Waals surface area (Å²) in [4.78, 5) is 24.8. The normalized spacial score (nSPS) is 16.4. The zero-order valence-electron chi connectivity index (χ0n) is 18.4. The maximum atomic E-state index is 12.5. The van der Waals surface area contributed by atoms with Gasteiger partial charge < -0.3 is 20.1 Å². The Balaban J connectivity index is 1.41. The summed E-state index contributed by atoms with van der Waals surface area (Å²) in [5, 5.41) is 4.19. The summed E-state index contributed by atoms with van der Waals surface area (Å²) in [6.45, 7) is 8.33. The van der Waals surface area contributed by atoms with E-state index in [1.807, 2.05) is 31.9 Å². The Hall–Kier alpha value is -3.28. The fourth-order valence-corrected chi connectivity index (χ4v) is 4.51. The maximum absolute atomic E-state index is 12.5. The van der Waals surface area contributed by atoms with Crippen LogP contribution in [0.4, 0.5) is 16.2 Å². The molecule has 0 fully saturated rings. The monoisotopic (exact) mass is 415 g/mol. The number of rotatable bonds is 2. The van der Waals surface area contributed by atoms with E-state index in [1.165, 1.54) is 22.5 Å². The van der Waals surface area contributed by atoms with Crippen LogP contribution in [0.1, 0.15) is 38.4 Å². The molecule has 0 saturated carbocycles. The van der Waals surface area contributed by atoms with E-state index in [9.17, 15) is 4.79 Å². The molecular formula is C25H29N5O. The number of carbonyl (C=O) groups excluding carboxylic acids is 1. The van der Waals surface area contributed by atoms with Crippen molar-refractivity contribution in [3.8, 4) is 0 Å². The molecule has 6 nitrogen and oxygen atoms in total. The molecule has 160 valence electrons. The molecule has 0 radical (unpaired) electrons. The molecule has 0 aliphatic carbocycles. The number of aromatic amines is 1. The second-order valence-corrected chi connectivity index (χ2v) is 9.41. The number of anilines is 2. The highest BCUT2D eigenvalue weighted by molar-refractivity contribution is 5.95. The van der Waals surface area contributed by atoms with Gasteiger partial charge in [-0.3, -0.25) is 0 Å². The molecule has 0 bridgehead atoms. The lowest BCUT2D eigenvalue weighted by molar-refractivity contribution is 0.193. The maximum Gasteiger partial charge on any atom is 0.318 e. The second-order valence-electron chi connectivity index (χ2n) is 9.41. The quantitative estimate of drug-likeness (QED) is 0.629. The highest BCUT2D eigenvalue weighted by Crippen LogP contribution is 2.38. The van der Waals surface area contributed by atoms with Crippen LogP contribution in [0, 0.1) is 0 Å². The summed E-state index contributed by atoms with van der Waals surface area (Å²) >= 11 is 0. The highest BCUT2D eigenvalue weighted by Gasteiger charge is 2.24. The van der Waals surface area contributed by atoms with E-state index in [0.717, 1.165) is 36.1 Å². The summed E-state index contributed by atoms with van der Waals surface area (Å²) in [7, 11) is 0. The molecule has 0 saturated heterocycles. The first-order chi connectivity index (χ1) is 14.9. The Labute approximate surface area is 183 Å². The van der Waals surface area contributed by atoms with E-state index in [2.05, 4.69) is 62.7 Å². The zero-order chi connectivity index (χ0) is 21.6. The number of para-hydroxylation sites is 1. The largest absolute Gasteiger partial charge is 0.340 e. The number of carbonyl (C=O) groups is 1. The third kappa shape index (κ3) is 3.78. The van der Waals surface area contributed by atoms with Gasteiger partial charge >= 0.3 is 6.03 Å². The van der Waals surface area contributed by atoms with Crippen LogP contribution in [0.5, 0.6) is 0 Å². The fraction of sp³-hybridized carbons (Fsp3) is 0.360. The fourth-order valence-electron chi connectivity index (χ4n) is 4.51. The van der Waals surface area contributed by atoms with Crippen molar-refractivity contribution in [2.24, 2.45) is 0 Å². The molecule has 3 aromatic rings. The molecule has 31 heavy (non-hydrogen) atoms. The van der Waals surface area contributed by atoms with Gasteiger partial charge in [0.15, 0.2) is 0 Å². The van der Waals surface area contributed by atoms with Crippen LogP contribution in [0.15, 0.2) is 48.7 Å². The molecule has 2 aromatic heterocycles. The van der Waals surface area contributed by atoms with Crippen molar-refractivity contribution in [3.05, 3.63) is 59.9 Å². The van der Waals surface area contributed by atoms with E-state index in [-0.39, 0.29) is 11.6 Å². The summed E-state index contributed by atoms with van der Waals surface area (Å²) < 4.78 is 0. The summed E-state index contributed by atoms with van der Waals surface area (Å²) in [6.07, 6.45) is 5.93. The number of aromatic nitrogens is 2. The van der Waals surface area contributed by atoms with Gasteiger partial charge in [0.05, 0.1) is 5.69 Å². The van der Waals surface area contributed by atoms with Gasteiger partial charge in [0, 0.05) is 48.1 Å². The second kappa shape index (κ2) is 7.45. The summed E-state index contributed by atoms with van der Waals surface area (Å²) in [6, 6.07) is 12.9. The van der Waals surface area contributed by atoms with Crippen LogP contribution in [0.3, 0.4) is 0 Å². The first-order valence-electron chi connectivity index (χ1n) is 11.0. The molecule has 1 aromatic carbocycles. The van der Waals surface area contributed by atoms with E-state index < -0.39 is 0 Å². The zero-order valence-corrected chi connectivity index (χ0v) is 18.4. The Bertz CT molecular complexity index is 1170. The number of amides is 2. The summed E-state index contributed by atoms with van der Waals surface area (Å²) in [5.41, 5.74) is 6.89. The lowest BCUT2D eigenvalue weighted by Crippen LogP contribution is -2.49. The average Bonchev–Trinajstić information content (AvgIpc) is 3.37. The molecule has 5 rings (SSSR count). The Morgan fingerprint density at radius 2 is 1.94 bits per heavy atom. The third-order valence-electron chi connectivity index (χ3n) is 6.01. The first-order valence-corrected chi connectivity index (χ1v) is 11.0. The van der Waals surface area contributed by atoms with Gasteiger partial charge in [-0.15, -0.1) is 0 Å². The van der Waals surface area contributed by atoms with Gasteiger partial charge in [-0.05, 0) is 62.9 Å². The molecule has 2 N–H and O–H groups in total. The minimum absolute atomic E-state index is 0.00361. The molecule has 0 atom stereocenters. The van der Waals surface area contributed by atoms with Crippen LogP contribution < -0.4 is 10.2 Å². The van der Waals surface area contributed by atoms with E-state index >= 15 is 0 Å². The molecular weight excluding hydrogens is 386 g/mol. The van der Waals surface area contributed by atoms with Crippen LogP contribution in [-0.4, -0.2) is 46.1 Å². The van der Waals surface area contributed by atoms with Crippen LogP contribution in [-0.2, 0) is 6.42 Å². The third-order valence-corrected chi connectivity index (χ3v) is 6.01. The van der Waals surface area contributed by atoms with Gasteiger partial charge in [0.2, 0.25) is 0 Å². The summed E-state index contributed by atoms with van der Waals surface area (Å²) in [5.74, 6) is 0. The number of hydrogen-bond acceptors (Lipinski definition) is 3. The number of nitrogens with one attached hydrogen (secondary N) is 2. The molecule has 6 heteroatoms. The number of H-pyrrole nitrogens is 1. The van der Waals surface area contributed by atoms with Crippen molar-refractivity contribution in [2.75, 3.05) is 24.5 Å². The SMILES string of the molecule is CC(C)(C)NC(=O)N1CC=C(c2cc3c(N4CCc5ccccc54)ccnc3[nH]2)CC1. The molecule has 2 aliphatic rings. The average molecular weight is 416 g/mol. The number of hydrogen-bond donors (Lipinski definition) is 2. The highest BCUT2D eigenvalue weighted by atomic mass is 16.2. The number of nitrogens with zero attached hydrogens (tertiary/aromatic N) is 3.